The van der Waals surface area contributed by atoms with Crippen LogP contribution in [-0.2, 0) is 23.8 Å². The van der Waals surface area contributed by atoms with E-state index < -0.39 is 10.8 Å². The molecule has 0 aromatic heterocycles. The molecule has 0 saturated heterocycles. The summed E-state index contributed by atoms with van der Waals surface area (Å²) < 4.78 is 10.9. The molecular weight excluding hydrogens is 248 g/mol. The van der Waals surface area contributed by atoms with Crippen molar-refractivity contribution >= 4 is 16.7 Å². The van der Waals surface area contributed by atoms with Gasteiger partial charge < -0.3 is 10.6 Å². The number of amides is 1. The minimum absolute atomic E-state index is 0.0891. The highest BCUT2D eigenvalue weighted by Crippen LogP contribution is 2.15. The number of carbonyl (C=O) groups excluding carboxylic acids is 1. The summed E-state index contributed by atoms with van der Waals surface area (Å²) in [5, 5.41) is 6.08. The molecule has 1 atom stereocenters. The zero-order chi connectivity index (χ0) is 13.0. The largest absolute Gasteiger partial charge is 0.351 e. The molecule has 2 N–H and O–H groups in total. The number of benzene rings is 1. The summed E-state index contributed by atoms with van der Waals surface area (Å²) in [7, 11) is -0.865. The van der Waals surface area contributed by atoms with E-state index in [1.54, 1.807) is 6.26 Å². The van der Waals surface area contributed by atoms with Crippen LogP contribution in [0.4, 0.5) is 0 Å². The molecule has 0 radical (unpaired) electrons. The lowest BCUT2D eigenvalue weighted by molar-refractivity contribution is 0.0956. The average Bonchev–Trinajstić information content (AvgIpc) is 2.37. The van der Waals surface area contributed by atoms with Crippen LogP contribution in [0.2, 0.25) is 0 Å². The van der Waals surface area contributed by atoms with Gasteiger partial charge in [0.25, 0.3) is 5.91 Å². The van der Waals surface area contributed by atoms with Crippen molar-refractivity contribution in [3.63, 3.8) is 0 Å². The first-order valence-electron chi connectivity index (χ1n) is 6.07. The summed E-state index contributed by atoms with van der Waals surface area (Å²) in [6, 6.07) is 5.84. The van der Waals surface area contributed by atoms with Gasteiger partial charge in [-0.3, -0.25) is 9.00 Å². The fraction of sp³-hybridized carbons (Fsp3) is 0.462. The summed E-state index contributed by atoms with van der Waals surface area (Å²) in [6.45, 7) is 2.29. The van der Waals surface area contributed by atoms with Crippen LogP contribution < -0.4 is 10.6 Å². The van der Waals surface area contributed by atoms with Crippen molar-refractivity contribution in [2.75, 3.05) is 25.1 Å². The molecule has 1 unspecified atom stereocenters. The van der Waals surface area contributed by atoms with Crippen LogP contribution in [0.15, 0.2) is 18.2 Å². The minimum Gasteiger partial charge on any atom is -0.351 e. The Hall–Kier alpha value is -1.20. The van der Waals surface area contributed by atoms with Crippen molar-refractivity contribution in [2.45, 2.75) is 13.0 Å². The molecular formula is C13H18N2O2S. The van der Waals surface area contributed by atoms with E-state index in [4.69, 9.17) is 0 Å². The Morgan fingerprint density at radius 3 is 3.06 bits per heavy atom. The van der Waals surface area contributed by atoms with Crippen LogP contribution in [0.1, 0.15) is 21.5 Å². The second kappa shape index (κ2) is 6.11. The fourth-order valence-electron chi connectivity index (χ4n) is 2.03. The second-order valence-corrected chi connectivity index (χ2v) is 6.00. The Morgan fingerprint density at radius 1 is 1.44 bits per heavy atom. The summed E-state index contributed by atoms with van der Waals surface area (Å²) in [4.78, 5) is 11.9. The van der Waals surface area contributed by atoms with E-state index in [-0.39, 0.29) is 5.91 Å². The van der Waals surface area contributed by atoms with Crippen LogP contribution in [0.25, 0.3) is 0 Å². The zero-order valence-electron chi connectivity index (χ0n) is 10.5. The third kappa shape index (κ3) is 3.40. The summed E-state index contributed by atoms with van der Waals surface area (Å²) in [5.74, 6) is 0.409. The van der Waals surface area contributed by atoms with Crippen molar-refractivity contribution in [1.29, 1.82) is 0 Å². The highest BCUT2D eigenvalue weighted by molar-refractivity contribution is 7.84. The standard InChI is InChI=1S/C13H18N2O2S/c1-18(17)7-6-15-13(16)11-3-2-10-4-5-14-9-12(10)8-11/h2-3,8,14H,4-7,9H2,1H3,(H,15,16). The van der Waals surface area contributed by atoms with Gasteiger partial charge in [0, 0.05) is 41.5 Å². The molecule has 0 fully saturated rings. The molecule has 18 heavy (non-hydrogen) atoms. The maximum absolute atomic E-state index is 11.9. The number of fused-ring (bicyclic) bond motifs is 1. The molecule has 0 aliphatic carbocycles. The third-order valence-corrected chi connectivity index (χ3v) is 3.81. The van der Waals surface area contributed by atoms with E-state index in [0.29, 0.717) is 17.9 Å². The van der Waals surface area contributed by atoms with Crippen LogP contribution >= 0.6 is 0 Å². The lowest BCUT2D eigenvalue weighted by Crippen LogP contribution is -2.28. The molecule has 0 bridgehead atoms. The molecule has 1 aromatic carbocycles. The van der Waals surface area contributed by atoms with E-state index in [1.807, 2.05) is 18.2 Å². The lowest BCUT2D eigenvalue weighted by Gasteiger charge is -2.17. The molecule has 1 aromatic rings. The van der Waals surface area contributed by atoms with Crippen LogP contribution in [0.5, 0.6) is 0 Å². The number of rotatable bonds is 4. The highest BCUT2D eigenvalue weighted by atomic mass is 32.2. The normalized spacial score (nSPS) is 15.8. The van der Waals surface area contributed by atoms with Gasteiger partial charge in [0.15, 0.2) is 0 Å². The van der Waals surface area contributed by atoms with Gasteiger partial charge in [-0.15, -0.1) is 0 Å². The number of hydrogen-bond acceptors (Lipinski definition) is 3. The maximum Gasteiger partial charge on any atom is 0.251 e. The second-order valence-electron chi connectivity index (χ2n) is 4.44. The number of hydrogen-bond donors (Lipinski definition) is 2. The van der Waals surface area contributed by atoms with Gasteiger partial charge in [-0.1, -0.05) is 6.07 Å². The Kier molecular flexibility index (Phi) is 4.49. The summed E-state index contributed by atoms with van der Waals surface area (Å²) in [6.07, 6.45) is 2.66. The zero-order valence-corrected chi connectivity index (χ0v) is 11.3. The first-order valence-corrected chi connectivity index (χ1v) is 7.80. The molecule has 5 heteroatoms. The van der Waals surface area contributed by atoms with E-state index in [1.165, 1.54) is 11.1 Å². The van der Waals surface area contributed by atoms with Crippen molar-refractivity contribution in [2.24, 2.45) is 0 Å². The van der Waals surface area contributed by atoms with Gasteiger partial charge in [-0.05, 0) is 36.2 Å². The molecule has 1 amide bonds. The van der Waals surface area contributed by atoms with Crippen molar-refractivity contribution in [3.05, 3.63) is 34.9 Å². The Labute approximate surface area is 110 Å². The van der Waals surface area contributed by atoms with Gasteiger partial charge >= 0.3 is 0 Å². The molecule has 1 aliphatic rings. The molecule has 4 nitrogen and oxygen atoms in total. The molecule has 0 saturated carbocycles. The SMILES string of the molecule is CS(=O)CCNC(=O)c1ccc2c(c1)CNCC2. The quantitative estimate of drug-likeness (QED) is 0.831. The molecule has 1 heterocycles. The van der Waals surface area contributed by atoms with Crippen LogP contribution in [0.3, 0.4) is 0 Å². The summed E-state index contributed by atoms with van der Waals surface area (Å²) >= 11 is 0. The van der Waals surface area contributed by atoms with Gasteiger partial charge in [0.1, 0.15) is 0 Å². The monoisotopic (exact) mass is 266 g/mol. The van der Waals surface area contributed by atoms with Crippen LogP contribution in [-0.4, -0.2) is 35.2 Å². The predicted molar refractivity (Wildman–Crippen MR) is 73.1 cm³/mol. The van der Waals surface area contributed by atoms with Gasteiger partial charge in [-0.2, -0.15) is 0 Å². The molecule has 1 aliphatic heterocycles. The van der Waals surface area contributed by atoms with Gasteiger partial charge in [0.2, 0.25) is 0 Å². The van der Waals surface area contributed by atoms with Crippen LogP contribution in [0, 0.1) is 0 Å². The van der Waals surface area contributed by atoms with Gasteiger partial charge in [0.05, 0.1) is 0 Å². The van der Waals surface area contributed by atoms with E-state index in [9.17, 15) is 9.00 Å². The van der Waals surface area contributed by atoms with E-state index >= 15 is 0 Å². The smallest absolute Gasteiger partial charge is 0.251 e. The summed E-state index contributed by atoms with van der Waals surface area (Å²) in [5.41, 5.74) is 3.20. The van der Waals surface area contributed by atoms with E-state index in [2.05, 4.69) is 10.6 Å². The Morgan fingerprint density at radius 2 is 2.28 bits per heavy atom. The first-order chi connectivity index (χ1) is 8.66. The van der Waals surface area contributed by atoms with Crippen molar-refractivity contribution in [1.82, 2.24) is 10.6 Å². The van der Waals surface area contributed by atoms with Crippen molar-refractivity contribution < 1.29 is 9.00 Å². The van der Waals surface area contributed by atoms with Gasteiger partial charge in [-0.25, -0.2) is 0 Å². The Balaban J connectivity index is 2.00. The van der Waals surface area contributed by atoms with E-state index in [0.717, 1.165) is 19.5 Å². The topological polar surface area (TPSA) is 58.2 Å². The molecule has 2 rings (SSSR count). The average molecular weight is 266 g/mol. The lowest BCUT2D eigenvalue weighted by atomic mass is 9.98. The Bertz CT molecular complexity index is 474. The van der Waals surface area contributed by atoms with Crippen molar-refractivity contribution in [3.8, 4) is 0 Å². The predicted octanol–water partition coefficient (Wildman–Crippen LogP) is 0.441. The highest BCUT2D eigenvalue weighted by Gasteiger charge is 2.12. The fourth-order valence-corrected chi connectivity index (χ4v) is 2.42. The molecule has 98 valence electrons. The third-order valence-electron chi connectivity index (χ3n) is 3.03. The minimum atomic E-state index is -0.865. The maximum atomic E-state index is 11.9. The molecule has 0 spiro atoms. The number of carbonyl (C=O) groups is 1. The first kappa shape index (κ1) is 13.2. The number of nitrogens with one attached hydrogen (secondary N) is 2.